The Labute approximate surface area is 157 Å². The van der Waals surface area contributed by atoms with E-state index in [0.29, 0.717) is 0 Å². The van der Waals surface area contributed by atoms with E-state index in [1.54, 1.807) is 11.0 Å². The lowest BCUT2D eigenvalue weighted by molar-refractivity contribution is 0.633. The number of piperazine rings is 1. The molecule has 3 aromatic rings. The third-order valence-electron chi connectivity index (χ3n) is 5.35. The summed E-state index contributed by atoms with van der Waals surface area (Å²) in [6, 6.07) is 5.95. The van der Waals surface area contributed by atoms with Gasteiger partial charge in [-0.05, 0) is 44.4 Å². The average Bonchev–Trinajstić information content (AvgIpc) is 3.37. The highest BCUT2D eigenvalue weighted by Crippen LogP contribution is 2.28. The summed E-state index contributed by atoms with van der Waals surface area (Å²) in [5.74, 6) is 2.78. The SMILES string of the molecule is Cc1ccn(-c2ccc(N3CCN(c4ncnc5c4CCC5)CC3)nn2)n1. The molecule has 0 N–H and O–H groups in total. The highest BCUT2D eigenvalue weighted by molar-refractivity contribution is 5.52. The molecule has 138 valence electrons. The Morgan fingerprint density at radius 2 is 1.63 bits per heavy atom. The van der Waals surface area contributed by atoms with Crippen molar-refractivity contribution < 1.29 is 0 Å². The second kappa shape index (κ2) is 6.61. The van der Waals surface area contributed by atoms with Crippen LogP contribution < -0.4 is 9.80 Å². The van der Waals surface area contributed by atoms with Gasteiger partial charge in [0.2, 0.25) is 0 Å². The summed E-state index contributed by atoms with van der Waals surface area (Å²) in [5.41, 5.74) is 3.55. The van der Waals surface area contributed by atoms with Crippen LogP contribution in [0.4, 0.5) is 11.6 Å². The normalized spacial score (nSPS) is 16.6. The zero-order valence-corrected chi connectivity index (χ0v) is 15.4. The van der Waals surface area contributed by atoms with E-state index >= 15 is 0 Å². The number of nitrogens with zero attached hydrogens (tertiary/aromatic N) is 8. The predicted octanol–water partition coefficient (Wildman–Crippen LogP) is 1.58. The molecule has 5 rings (SSSR count). The van der Waals surface area contributed by atoms with Crippen LogP contribution in [0, 0.1) is 6.92 Å². The predicted molar refractivity (Wildman–Crippen MR) is 102 cm³/mol. The maximum atomic E-state index is 4.58. The molecule has 0 bridgehead atoms. The van der Waals surface area contributed by atoms with Crippen LogP contribution >= 0.6 is 0 Å². The number of fused-ring (bicyclic) bond motifs is 1. The molecule has 27 heavy (non-hydrogen) atoms. The fourth-order valence-electron chi connectivity index (χ4n) is 3.91. The number of aryl methyl sites for hydroxylation is 2. The van der Waals surface area contributed by atoms with Gasteiger partial charge in [-0.1, -0.05) is 0 Å². The van der Waals surface area contributed by atoms with E-state index in [4.69, 9.17) is 0 Å². The van der Waals surface area contributed by atoms with Crippen LogP contribution in [-0.4, -0.2) is 56.1 Å². The molecule has 0 radical (unpaired) electrons. The fraction of sp³-hybridized carbons (Fsp3) is 0.421. The molecule has 1 fully saturated rings. The van der Waals surface area contributed by atoms with Crippen LogP contribution in [0.5, 0.6) is 0 Å². The molecule has 0 unspecified atom stereocenters. The van der Waals surface area contributed by atoms with Crippen molar-refractivity contribution >= 4 is 11.6 Å². The van der Waals surface area contributed by atoms with E-state index in [2.05, 4.69) is 35.1 Å². The van der Waals surface area contributed by atoms with Gasteiger partial charge in [0.15, 0.2) is 11.6 Å². The molecule has 2 aliphatic rings. The third kappa shape index (κ3) is 3.01. The summed E-state index contributed by atoms with van der Waals surface area (Å²) in [4.78, 5) is 13.7. The molecule has 0 spiro atoms. The van der Waals surface area contributed by atoms with E-state index in [0.717, 1.165) is 62.2 Å². The largest absolute Gasteiger partial charge is 0.353 e. The lowest BCUT2D eigenvalue weighted by Crippen LogP contribution is -2.47. The molecule has 0 atom stereocenters. The van der Waals surface area contributed by atoms with Crippen LogP contribution in [0.1, 0.15) is 23.4 Å². The minimum Gasteiger partial charge on any atom is -0.353 e. The Morgan fingerprint density at radius 3 is 2.37 bits per heavy atom. The Bertz CT molecular complexity index is 941. The monoisotopic (exact) mass is 362 g/mol. The minimum absolute atomic E-state index is 0.738. The van der Waals surface area contributed by atoms with Crippen molar-refractivity contribution in [3.8, 4) is 5.82 Å². The molecular formula is C19H22N8. The maximum Gasteiger partial charge on any atom is 0.175 e. The van der Waals surface area contributed by atoms with Crippen molar-refractivity contribution in [2.24, 2.45) is 0 Å². The smallest absolute Gasteiger partial charge is 0.175 e. The first-order valence-corrected chi connectivity index (χ1v) is 9.47. The average molecular weight is 362 g/mol. The Balaban J connectivity index is 1.27. The summed E-state index contributed by atoms with van der Waals surface area (Å²) in [6.45, 7) is 5.66. The molecule has 0 amide bonds. The van der Waals surface area contributed by atoms with E-state index in [-0.39, 0.29) is 0 Å². The maximum absolute atomic E-state index is 4.58. The van der Waals surface area contributed by atoms with Gasteiger partial charge >= 0.3 is 0 Å². The number of hydrogen-bond acceptors (Lipinski definition) is 7. The summed E-state index contributed by atoms with van der Waals surface area (Å²) in [7, 11) is 0. The standard InChI is InChI=1S/C19H22N8/c1-14-7-8-27(24-14)18-6-5-17(22-23-18)25-9-11-26(12-10-25)19-15-3-2-4-16(15)20-13-21-19/h5-8,13H,2-4,9-12H2,1H3. The van der Waals surface area contributed by atoms with Crippen molar-refractivity contribution in [3.05, 3.63) is 47.7 Å². The van der Waals surface area contributed by atoms with Gasteiger partial charge in [-0.15, -0.1) is 10.2 Å². The van der Waals surface area contributed by atoms with Gasteiger partial charge < -0.3 is 9.80 Å². The summed E-state index contributed by atoms with van der Waals surface area (Å²) in [5, 5.41) is 13.1. The highest BCUT2D eigenvalue weighted by atomic mass is 15.4. The summed E-state index contributed by atoms with van der Waals surface area (Å²) in [6.07, 6.45) is 7.00. The lowest BCUT2D eigenvalue weighted by Gasteiger charge is -2.36. The molecule has 0 saturated carbocycles. The zero-order chi connectivity index (χ0) is 18.2. The van der Waals surface area contributed by atoms with E-state index in [9.17, 15) is 0 Å². The van der Waals surface area contributed by atoms with Crippen LogP contribution in [0.15, 0.2) is 30.7 Å². The molecule has 0 aromatic carbocycles. The van der Waals surface area contributed by atoms with E-state index < -0.39 is 0 Å². The van der Waals surface area contributed by atoms with Crippen LogP contribution in [0.2, 0.25) is 0 Å². The van der Waals surface area contributed by atoms with Crippen molar-refractivity contribution in [1.82, 2.24) is 29.9 Å². The number of aromatic nitrogens is 6. The summed E-state index contributed by atoms with van der Waals surface area (Å²) >= 11 is 0. The molecule has 3 aromatic heterocycles. The van der Waals surface area contributed by atoms with Crippen LogP contribution in [0.3, 0.4) is 0 Å². The van der Waals surface area contributed by atoms with Gasteiger partial charge in [-0.2, -0.15) is 5.10 Å². The first-order chi connectivity index (χ1) is 13.3. The van der Waals surface area contributed by atoms with Gasteiger partial charge in [0, 0.05) is 43.6 Å². The van der Waals surface area contributed by atoms with Crippen molar-refractivity contribution in [2.75, 3.05) is 36.0 Å². The quantitative estimate of drug-likeness (QED) is 0.700. The van der Waals surface area contributed by atoms with Crippen molar-refractivity contribution in [3.63, 3.8) is 0 Å². The lowest BCUT2D eigenvalue weighted by atomic mass is 10.2. The van der Waals surface area contributed by atoms with E-state index in [1.807, 2.05) is 31.3 Å². The Morgan fingerprint density at radius 1 is 0.852 bits per heavy atom. The first-order valence-electron chi connectivity index (χ1n) is 9.47. The first kappa shape index (κ1) is 16.2. The van der Waals surface area contributed by atoms with Gasteiger partial charge in [-0.25, -0.2) is 14.6 Å². The highest BCUT2D eigenvalue weighted by Gasteiger charge is 2.24. The number of anilines is 2. The molecule has 1 saturated heterocycles. The zero-order valence-electron chi connectivity index (χ0n) is 15.4. The molecular weight excluding hydrogens is 340 g/mol. The number of hydrogen-bond donors (Lipinski definition) is 0. The van der Waals surface area contributed by atoms with Crippen molar-refractivity contribution in [1.29, 1.82) is 0 Å². The molecule has 1 aliphatic carbocycles. The summed E-state index contributed by atoms with van der Waals surface area (Å²) < 4.78 is 1.75. The molecule has 8 nitrogen and oxygen atoms in total. The topological polar surface area (TPSA) is 75.9 Å². The Kier molecular flexibility index (Phi) is 3.95. The second-order valence-corrected chi connectivity index (χ2v) is 7.10. The number of rotatable bonds is 3. The molecule has 1 aliphatic heterocycles. The van der Waals surface area contributed by atoms with Gasteiger partial charge in [0.05, 0.1) is 5.69 Å². The Hall–Kier alpha value is -3.03. The fourth-order valence-corrected chi connectivity index (χ4v) is 3.91. The van der Waals surface area contributed by atoms with E-state index in [1.165, 1.54) is 17.7 Å². The molecule has 8 heteroatoms. The van der Waals surface area contributed by atoms with Crippen LogP contribution in [-0.2, 0) is 12.8 Å². The van der Waals surface area contributed by atoms with Gasteiger partial charge in [-0.3, -0.25) is 0 Å². The second-order valence-electron chi connectivity index (χ2n) is 7.10. The van der Waals surface area contributed by atoms with Gasteiger partial charge in [0.1, 0.15) is 12.1 Å². The van der Waals surface area contributed by atoms with Crippen LogP contribution in [0.25, 0.3) is 5.82 Å². The van der Waals surface area contributed by atoms with Crippen molar-refractivity contribution in [2.45, 2.75) is 26.2 Å². The third-order valence-corrected chi connectivity index (χ3v) is 5.35. The minimum atomic E-state index is 0.738. The van der Waals surface area contributed by atoms with Gasteiger partial charge in [0.25, 0.3) is 0 Å². The molecule has 4 heterocycles.